The summed E-state index contributed by atoms with van der Waals surface area (Å²) in [7, 11) is 1.39. The van der Waals surface area contributed by atoms with E-state index in [9.17, 15) is 9.59 Å². The molecule has 0 radical (unpaired) electrons. The lowest BCUT2D eigenvalue weighted by molar-refractivity contribution is 0.0573. The fraction of sp³-hybridized carbons (Fsp3) is 0.333. The maximum Gasteiger partial charge on any atom is 0.354 e. The maximum absolute atomic E-state index is 12.6. The fourth-order valence-electron chi connectivity index (χ4n) is 3.11. The quantitative estimate of drug-likeness (QED) is 0.546. The lowest BCUT2D eigenvalue weighted by Crippen LogP contribution is -2.39. The standard InChI is InChI=1S/C18H19IN2O3/c1-24-18(23)16-3-2-10-21(16)15-8-11-20(12-9-15)17(22)13-4-6-14(19)7-5-13/h2-7,10,15H,8-9,11-12H2,1H3. The molecule has 1 saturated heterocycles. The first kappa shape index (κ1) is 17.0. The summed E-state index contributed by atoms with van der Waals surface area (Å²) in [4.78, 5) is 26.3. The third-order valence-corrected chi connectivity index (χ3v) is 5.13. The second-order valence-corrected chi connectivity index (χ2v) is 7.07. The molecule has 1 aromatic heterocycles. The molecule has 1 aliphatic rings. The Morgan fingerprint density at radius 3 is 2.42 bits per heavy atom. The number of esters is 1. The molecule has 2 aromatic rings. The SMILES string of the molecule is COC(=O)c1cccn1C1CCN(C(=O)c2ccc(I)cc2)CC1. The van der Waals surface area contributed by atoms with Gasteiger partial charge in [-0.15, -0.1) is 0 Å². The van der Waals surface area contributed by atoms with E-state index >= 15 is 0 Å². The first-order chi connectivity index (χ1) is 11.6. The van der Waals surface area contributed by atoms with Gasteiger partial charge in [0.2, 0.25) is 0 Å². The lowest BCUT2D eigenvalue weighted by Gasteiger charge is -2.33. The number of piperidine rings is 1. The summed E-state index contributed by atoms with van der Waals surface area (Å²) in [6, 6.07) is 11.5. The molecule has 1 fully saturated rings. The number of rotatable bonds is 3. The molecule has 0 aliphatic carbocycles. The van der Waals surface area contributed by atoms with E-state index in [1.165, 1.54) is 7.11 Å². The van der Waals surface area contributed by atoms with Crippen LogP contribution >= 0.6 is 22.6 Å². The number of halogens is 1. The van der Waals surface area contributed by atoms with Gasteiger partial charge >= 0.3 is 5.97 Å². The molecule has 24 heavy (non-hydrogen) atoms. The van der Waals surface area contributed by atoms with Crippen LogP contribution in [0.2, 0.25) is 0 Å². The van der Waals surface area contributed by atoms with Crippen LogP contribution in [0.1, 0.15) is 39.7 Å². The third-order valence-electron chi connectivity index (χ3n) is 4.41. The van der Waals surface area contributed by atoms with E-state index in [4.69, 9.17) is 4.74 Å². The van der Waals surface area contributed by atoms with E-state index < -0.39 is 0 Å². The van der Waals surface area contributed by atoms with Gasteiger partial charge in [0.1, 0.15) is 5.69 Å². The van der Waals surface area contributed by atoms with Gasteiger partial charge in [0.15, 0.2) is 0 Å². The summed E-state index contributed by atoms with van der Waals surface area (Å²) in [6.45, 7) is 1.38. The molecule has 2 heterocycles. The molecule has 0 N–H and O–H groups in total. The van der Waals surface area contributed by atoms with Crippen LogP contribution in [0.3, 0.4) is 0 Å². The lowest BCUT2D eigenvalue weighted by atomic mass is 10.0. The van der Waals surface area contributed by atoms with E-state index in [0.717, 1.165) is 22.0 Å². The van der Waals surface area contributed by atoms with Crippen LogP contribution < -0.4 is 0 Å². The molecule has 0 saturated carbocycles. The average molecular weight is 438 g/mol. The zero-order valence-electron chi connectivity index (χ0n) is 13.4. The van der Waals surface area contributed by atoms with Crippen LogP contribution in [0.5, 0.6) is 0 Å². The zero-order chi connectivity index (χ0) is 17.1. The number of nitrogens with zero attached hydrogens (tertiary/aromatic N) is 2. The number of ether oxygens (including phenoxy) is 1. The Labute approximate surface area is 154 Å². The van der Waals surface area contributed by atoms with Crippen LogP contribution in [0.25, 0.3) is 0 Å². The van der Waals surface area contributed by atoms with Crippen LogP contribution in [0, 0.1) is 3.57 Å². The number of hydrogen-bond donors (Lipinski definition) is 0. The van der Waals surface area contributed by atoms with Crippen molar-refractivity contribution in [3.63, 3.8) is 0 Å². The van der Waals surface area contributed by atoms with Gasteiger partial charge in [0, 0.05) is 34.5 Å². The Morgan fingerprint density at radius 2 is 1.79 bits per heavy atom. The molecule has 1 aromatic carbocycles. The number of carbonyl (C=O) groups excluding carboxylic acids is 2. The van der Waals surface area contributed by atoms with Gasteiger partial charge in [-0.3, -0.25) is 4.79 Å². The highest BCUT2D eigenvalue weighted by Crippen LogP contribution is 2.26. The molecule has 0 atom stereocenters. The van der Waals surface area contributed by atoms with Crippen molar-refractivity contribution in [2.45, 2.75) is 18.9 Å². The van der Waals surface area contributed by atoms with Crippen LogP contribution in [0.4, 0.5) is 0 Å². The van der Waals surface area contributed by atoms with Crippen molar-refractivity contribution in [2.75, 3.05) is 20.2 Å². The molecule has 5 nitrogen and oxygen atoms in total. The Bertz CT molecular complexity index is 731. The molecule has 126 valence electrons. The van der Waals surface area contributed by atoms with Crippen molar-refractivity contribution in [2.24, 2.45) is 0 Å². The number of hydrogen-bond acceptors (Lipinski definition) is 3. The summed E-state index contributed by atoms with van der Waals surface area (Å²) >= 11 is 2.23. The topological polar surface area (TPSA) is 51.5 Å². The number of methoxy groups -OCH3 is 1. The predicted octanol–water partition coefficient (Wildman–Crippen LogP) is 3.36. The molecule has 3 rings (SSSR count). The summed E-state index contributed by atoms with van der Waals surface area (Å²) in [5, 5.41) is 0. The van der Waals surface area contributed by atoms with Crippen molar-refractivity contribution >= 4 is 34.5 Å². The monoisotopic (exact) mass is 438 g/mol. The van der Waals surface area contributed by atoms with Crippen molar-refractivity contribution in [3.8, 4) is 0 Å². The molecular weight excluding hydrogens is 419 g/mol. The van der Waals surface area contributed by atoms with Gasteiger partial charge in [-0.1, -0.05) is 0 Å². The molecule has 0 spiro atoms. The van der Waals surface area contributed by atoms with Gasteiger partial charge < -0.3 is 14.2 Å². The Kier molecular flexibility index (Phi) is 5.23. The van der Waals surface area contributed by atoms with E-state index in [2.05, 4.69) is 22.6 Å². The summed E-state index contributed by atoms with van der Waals surface area (Å²) in [6.07, 6.45) is 3.57. The minimum absolute atomic E-state index is 0.0746. The Hall–Kier alpha value is -1.83. The highest BCUT2D eigenvalue weighted by molar-refractivity contribution is 14.1. The van der Waals surface area contributed by atoms with Gasteiger partial charge in [-0.25, -0.2) is 4.79 Å². The number of aromatic nitrogens is 1. The summed E-state index contributed by atoms with van der Waals surface area (Å²) < 4.78 is 7.92. The molecule has 1 aliphatic heterocycles. The minimum atomic E-state index is -0.322. The summed E-state index contributed by atoms with van der Waals surface area (Å²) in [5.41, 5.74) is 1.30. The largest absolute Gasteiger partial charge is 0.464 e. The van der Waals surface area contributed by atoms with Gasteiger partial charge in [0.25, 0.3) is 5.91 Å². The molecule has 6 heteroatoms. The zero-order valence-corrected chi connectivity index (χ0v) is 15.6. The number of carbonyl (C=O) groups is 2. The van der Waals surface area contributed by atoms with Crippen molar-refractivity contribution < 1.29 is 14.3 Å². The number of benzene rings is 1. The van der Waals surface area contributed by atoms with Gasteiger partial charge in [-0.2, -0.15) is 0 Å². The third kappa shape index (κ3) is 3.48. The van der Waals surface area contributed by atoms with Crippen LogP contribution in [0.15, 0.2) is 42.6 Å². The highest BCUT2D eigenvalue weighted by atomic mass is 127. The minimum Gasteiger partial charge on any atom is -0.464 e. The van der Waals surface area contributed by atoms with E-state index in [1.54, 1.807) is 6.07 Å². The van der Waals surface area contributed by atoms with Crippen molar-refractivity contribution in [3.05, 3.63) is 57.4 Å². The van der Waals surface area contributed by atoms with Gasteiger partial charge in [-0.05, 0) is 71.8 Å². The van der Waals surface area contributed by atoms with E-state index in [0.29, 0.717) is 18.8 Å². The van der Waals surface area contributed by atoms with E-state index in [1.807, 2.05) is 46.0 Å². The van der Waals surface area contributed by atoms with Crippen molar-refractivity contribution in [1.82, 2.24) is 9.47 Å². The first-order valence-electron chi connectivity index (χ1n) is 7.90. The Balaban J connectivity index is 1.66. The molecular formula is C18H19IN2O3. The van der Waals surface area contributed by atoms with Crippen molar-refractivity contribution in [1.29, 1.82) is 0 Å². The number of amides is 1. The van der Waals surface area contributed by atoms with E-state index in [-0.39, 0.29) is 17.9 Å². The average Bonchev–Trinajstić information content (AvgIpc) is 3.11. The normalized spacial score (nSPS) is 15.3. The second kappa shape index (κ2) is 7.38. The number of likely N-dealkylation sites (tertiary alicyclic amines) is 1. The second-order valence-electron chi connectivity index (χ2n) is 5.82. The Morgan fingerprint density at radius 1 is 1.12 bits per heavy atom. The van der Waals surface area contributed by atoms with Crippen LogP contribution in [-0.2, 0) is 4.74 Å². The first-order valence-corrected chi connectivity index (χ1v) is 8.98. The van der Waals surface area contributed by atoms with Gasteiger partial charge in [0.05, 0.1) is 7.11 Å². The maximum atomic E-state index is 12.6. The fourth-order valence-corrected chi connectivity index (χ4v) is 3.47. The predicted molar refractivity (Wildman–Crippen MR) is 99.1 cm³/mol. The summed E-state index contributed by atoms with van der Waals surface area (Å²) in [5.74, 6) is -0.247. The van der Waals surface area contributed by atoms with Crippen LogP contribution in [-0.4, -0.2) is 41.5 Å². The molecule has 0 unspecified atom stereocenters. The molecule has 1 amide bonds. The smallest absolute Gasteiger partial charge is 0.354 e. The highest BCUT2D eigenvalue weighted by Gasteiger charge is 2.26. The molecule has 0 bridgehead atoms.